The van der Waals surface area contributed by atoms with Crippen molar-refractivity contribution in [3.8, 4) is 22.8 Å². The van der Waals surface area contributed by atoms with E-state index in [1.54, 1.807) is 0 Å². The van der Waals surface area contributed by atoms with Crippen LogP contribution in [0.4, 0.5) is 5.82 Å². The minimum Gasteiger partial charge on any atom is -0.396 e. The first kappa shape index (κ1) is 21.4. The zero-order chi connectivity index (χ0) is 23.2. The predicted octanol–water partition coefficient (Wildman–Crippen LogP) is 3.47. The number of rotatable bonds is 7. The van der Waals surface area contributed by atoms with Crippen molar-refractivity contribution >= 4 is 16.9 Å². The molecule has 172 valence electrons. The molecule has 4 aromatic rings. The van der Waals surface area contributed by atoms with Crippen molar-refractivity contribution < 1.29 is 9.63 Å². The van der Waals surface area contributed by atoms with E-state index in [4.69, 9.17) is 20.5 Å². The van der Waals surface area contributed by atoms with Gasteiger partial charge in [-0.1, -0.05) is 5.16 Å². The second kappa shape index (κ2) is 8.18. The molecule has 0 unspecified atom stereocenters. The number of aliphatic hydroxyl groups is 1. The third kappa shape index (κ3) is 3.95. The summed E-state index contributed by atoms with van der Waals surface area (Å²) in [5.41, 5.74) is 9.51. The molecule has 0 atom stereocenters. The number of nitrogen functional groups attached to an aromatic ring is 1. The molecule has 10 heteroatoms. The van der Waals surface area contributed by atoms with Crippen molar-refractivity contribution in [3.63, 3.8) is 0 Å². The van der Waals surface area contributed by atoms with Crippen molar-refractivity contribution in [2.24, 2.45) is 0 Å². The highest BCUT2D eigenvalue weighted by Crippen LogP contribution is 2.47. The molecule has 0 aromatic carbocycles. The standard InChI is InChI=1S/C23H28N8O2/c1-23(2,3)31-22-16(20(24)27-12-28-22)17(29-31)18-15(19(33-30-18)14-7-8-14)21-25-10-13(11-26-21)6-4-5-9-32/h10-12,14,32H,4-9H2,1-3H3,(H2,24,27,28). The highest BCUT2D eigenvalue weighted by atomic mass is 16.5. The monoisotopic (exact) mass is 448 g/mol. The fourth-order valence-electron chi connectivity index (χ4n) is 3.97. The number of nitrogens with zero attached hydrogens (tertiary/aromatic N) is 7. The lowest BCUT2D eigenvalue weighted by molar-refractivity contribution is 0.284. The number of aryl methyl sites for hydroxylation is 1. The number of nitrogens with two attached hydrogens (primary N) is 1. The Balaban J connectivity index is 1.65. The van der Waals surface area contributed by atoms with Crippen LogP contribution >= 0.6 is 0 Å². The maximum absolute atomic E-state index is 9.01. The summed E-state index contributed by atoms with van der Waals surface area (Å²) in [6.07, 6.45) is 9.67. The molecule has 33 heavy (non-hydrogen) atoms. The molecule has 4 aromatic heterocycles. The van der Waals surface area contributed by atoms with Gasteiger partial charge in [-0.2, -0.15) is 5.10 Å². The summed E-state index contributed by atoms with van der Waals surface area (Å²) in [7, 11) is 0. The van der Waals surface area contributed by atoms with Crippen LogP contribution < -0.4 is 5.73 Å². The molecule has 4 heterocycles. The number of anilines is 1. The van der Waals surface area contributed by atoms with Gasteiger partial charge in [-0.05, 0) is 58.4 Å². The van der Waals surface area contributed by atoms with E-state index in [0.29, 0.717) is 40.0 Å². The average Bonchev–Trinajstić information content (AvgIpc) is 3.40. The summed E-state index contributed by atoms with van der Waals surface area (Å²) in [5.74, 6) is 1.98. The van der Waals surface area contributed by atoms with Crippen molar-refractivity contribution in [1.82, 2.24) is 34.9 Å². The number of hydrogen-bond acceptors (Lipinski definition) is 9. The van der Waals surface area contributed by atoms with Gasteiger partial charge in [-0.25, -0.2) is 24.6 Å². The summed E-state index contributed by atoms with van der Waals surface area (Å²) in [6, 6.07) is 0. The Labute approximate surface area is 191 Å². The molecule has 0 amide bonds. The number of aliphatic hydroxyl groups excluding tert-OH is 1. The lowest BCUT2D eigenvalue weighted by Crippen LogP contribution is -2.23. The van der Waals surface area contributed by atoms with Gasteiger partial charge in [0.2, 0.25) is 0 Å². The first-order valence-corrected chi connectivity index (χ1v) is 11.3. The molecule has 3 N–H and O–H groups in total. The number of aromatic nitrogens is 7. The lowest BCUT2D eigenvalue weighted by atomic mass is 10.1. The van der Waals surface area contributed by atoms with Crippen LogP contribution in [0, 0.1) is 0 Å². The summed E-state index contributed by atoms with van der Waals surface area (Å²) in [5, 5.41) is 19.0. The molecule has 1 saturated carbocycles. The van der Waals surface area contributed by atoms with E-state index >= 15 is 0 Å². The van der Waals surface area contributed by atoms with E-state index in [-0.39, 0.29) is 12.1 Å². The Morgan fingerprint density at radius 1 is 1.09 bits per heavy atom. The molecule has 5 rings (SSSR count). The summed E-state index contributed by atoms with van der Waals surface area (Å²) in [4.78, 5) is 17.9. The Hall–Kier alpha value is -3.40. The third-order valence-corrected chi connectivity index (χ3v) is 5.82. The summed E-state index contributed by atoms with van der Waals surface area (Å²) >= 11 is 0. The molecular weight excluding hydrogens is 420 g/mol. The zero-order valence-corrected chi connectivity index (χ0v) is 19.1. The van der Waals surface area contributed by atoms with E-state index in [9.17, 15) is 0 Å². The maximum atomic E-state index is 9.01. The minimum absolute atomic E-state index is 0.190. The molecule has 1 aliphatic rings. The van der Waals surface area contributed by atoms with Gasteiger partial charge in [0.15, 0.2) is 17.2 Å². The fourth-order valence-corrected chi connectivity index (χ4v) is 3.97. The molecular formula is C23H28N8O2. The van der Waals surface area contributed by atoms with Crippen molar-refractivity contribution in [3.05, 3.63) is 30.0 Å². The van der Waals surface area contributed by atoms with Crippen LogP contribution in [0.25, 0.3) is 33.8 Å². The van der Waals surface area contributed by atoms with Gasteiger partial charge >= 0.3 is 0 Å². The Morgan fingerprint density at radius 2 is 1.85 bits per heavy atom. The second-order valence-corrected chi connectivity index (χ2v) is 9.53. The highest BCUT2D eigenvalue weighted by molar-refractivity contribution is 6.00. The quantitative estimate of drug-likeness (QED) is 0.406. The minimum atomic E-state index is -0.326. The van der Waals surface area contributed by atoms with E-state index in [2.05, 4.69) is 45.9 Å². The van der Waals surface area contributed by atoms with Crippen LogP contribution in [0.1, 0.15) is 63.7 Å². The van der Waals surface area contributed by atoms with E-state index < -0.39 is 0 Å². The van der Waals surface area contributed by atoms with Gasteiger partial charge < -0.3 is 15.4 Å². The van der Waals surface area contributed by atoms with Crippen LogP contribution in [-0.2, 0) is 12.0 Å². The highest BCUT2D eigenvalue weighted by Gasteiger charge is 2.36. The largest absolute Gasteiger partial charge is 0.396 e. The van der Waals surface area contributed by atoms with E-state index in [1.165, 1.54) is 6.33 Å². The van der Waals surface area contributed by atoms with Gasteiger partial charge in [0.05, 0.1) is 16.5 Å². The smallest absolute Gasteiger partial charge is 0.165 e. The van der Waals surface area contributed by atoms with Crippen molar-refractivity contribution in [2.75, 3.05) is 12.3 Å². The molecule has 0 saturated heterocycles. The van der Waals surface area contributed by atoms with E-state index in [1.807, 2.05) is 17.1 Å². The Kier molecular flexibility index (Phi) is 5.32. The van der Waals surface area contributed by atoms with Gasteiger partial charge in [-0.3, -0.25) is 0 Å². The molecule has 1 fully saturated rings. The second-order valence-electron chi connectivity index (χ2n) is 9.53. The molecule has 0 radical (unpaired) electrons. The van der Waals surface area contributed by atoms with Crippen LogP contribution in [0.5, 0.6) is 0 Å². The normalized spacial score (nSPS) is 14.3. The summed E-state index contributed by atoms with van der Waals surface area (Å²) in [6.45, 7) is 6.36. The third-order valence-electron chi connectivity index (χ3n) is 5.82. The predicted molar refractivity (Wildman–Crippen MR) is 123 cm³/mol. The SMILES string of the molecule is CC(C)(C)n1nc(-c2noc(C3CC3)c2-c2ncc(CCCCO)cn2)c2c(N)ncnc21. The van der Waals surface area contributed by atoms with Gasteiger partial charge in [-0.15, -0.1) is 0 Å². The first-order chi connectivity index (χ1) is 15.9. The Bertz CT molecular complexity index is 1280. The van der Waals surface area contributed by atoms with E-state index in [0.717, 1.165) is 49.0 Å². The topological polar surface area (TPSA) is 142 Å². The first-order valence-electron chi connectivity index (χ1n) is 11.3. The van der Waals surface area contributed by atoms with Crippen LogP contribution in [-0.4, -0.2) is 46.6 Å². The molecule has 0 spiro atoms. The molecule has 0 aliphatic heterocycles. The molecule has 1 aliphatic carbocycles. The van der Waals surface area contributed by atoms with Crippen LogP contribution in [0.2, 0.25) is 0 Å². The van der Waals surface area contributed by atoms with Gasteiger partial charge in [0.25, 0.3) is 0 Å². The Morgan fingerprint density at radius 3 is 2.52 bits per heavy atom. The number of hydrogen-bond donors (Lipinski definition) is 2. The lowest BCUT2D eigenvalue weighted by Gasteiger charge is -2.19. The fraction of sp³-hybridized carbons (Fsp3) is 0.478. The summed E-state index contributed by atoms with van der Waals surface area (Å²) < 4.78 is 7.68. The number of unbranched alkanes of at least 4 members (excludes halogenated alkanes) is 1. The van der Waals surface area contributed by atoms with Gasteiger partial charge in [0, 0.05) is 24.9 Å². The molecule has 0 bridgehead atoms. The van der Waals surface area contributed by atoms with Crippen LogP contribution in [0.3, 0.4) is 0 Å². The maximum Gasteiger partial charge on any atom is 0.165 e. The van der Waals surface area contributed by atoms with Crippen molar-refractivity contribution in [2.45, 2.75) is 64.3 Å². The van der Waals surface area contributed by atoms with Gasteiger partial charge in [0.1, 0.15) is 23.5 Å². The van der Waals surface area contributed by atoms with Crippen molar-refractivity contribution in [1.29, 1.82) is 0 Å². The van der Waals surface area contributed by atoms with Crippen LogP contribution in [0.15, 0.2) is 23.2 Å². The number of fused-ring (bicyclic) bond motifs is 1. The molecule has 10 nitrogen and oxygen atoms in total. The zero-order valence-electron chi connectivity index (χ0n) is 19.1. The average molecular weight is 449 g/mol.